The lowest BCUT2D eigenvalue weighted by atomic mass is 10.0. The Morgan fingerprint density at radius 1 is 0.806 bits per heavy atom. The number of amides is 2. The fraction of sp³-hybridized carbons (Fsp3) is 0.286. The Bertz CT molecular complexity index is 1200. The van der Waals surface area contributed by atoms with Crippen LogP contribution in [0, 0.1) is 0 Å². The van der Waals surface area contributed by atoms with Crippen molar-refractivity contribution in [3.05, 3.63) is 76.3 Å². The summed E-state index contributed by atoms with van der Waals surface area (Å²) in [6.07, 6.45) is 0. The van der Waals surface area contributed by atoms with Gasteiger partial charge in [-0.1, -0.05) is 48.0 Å². The zero-order chi connectivity index (χ0) is 26.1. The van der Waals surface area contributed by atoms with Gasteiger partial charge in [-0.05, 0) is 55.7 Å². The molecule has 3 aromatic rings. The molecule has 0 spiro atoms. The van der Waals surface area contributed by atoms with E-state index in [0.29, 0.717) is 47.4 Å². The van der Waals surface area contributed by atoms with Crippen LogP contribution in [0.5, 0.6) is 17.2 Å². The summed E-state index contributed by atoms with van der Waals surface area (Å²) in [5.74, 6) is 1.08. The number of anilines is 2. The minimum absolute atomic E-state index is 0.177. The van der Waals surface area contributed by atoms with E-state index in [1.807, 2.05) is 38.1 Å². The summed E-state index contributed by atoms with van der Waals surface area (Å²) in [5, 5.41) is 5.72. The monoisotopic (exact) mass is 554 g/mol. The molecule has 0 unspecified atom stereocenters. The van der Waals surface area contributed by atoms with Crippen LogP contribution in [0.25, 0.3) is 0 Å². The number of hydrogen-bond donors (Lipinski definition) is 2. The van der Waals surface area contributed by atoms with Crippen molar-refractivity contribution in [1.29, 1.82) is 0 Å². The van der Waals surface area contributed by atoms with Gasteiger partial charge in [-0.3, -0.25) is 9.59 Å². The maximum absolute atomic E-state index is 12.8. The van der Waals surface area contributed by atoms with Gasteiger partial charge in [-0.25, -0.2) is 0 Å². The Morgan fingerprint density at radius 2 is 1.42 bits per heavy atom. The molecule has 0 saturated carbocycles. The lowest BCUT2D eigenvalue weighted by molar-refractivity contribution is -0.118. The molecule has 190 valence electrons. The maximum Gasteiger partial charge on any atom is 0.262 e. The summed E-state index contributed by atoms with van der Waals surface area (Å²) in [6.45, 7) is 8.39. The summed E-state index contributed by atoms with van der Waals surface area (Å²) in [4.78, 5) is 25.5. The van der Waals surface area contributed by atoms with Gasteiger partial charge in [0.2, 0.25) is 0 Å². The molecular formula is C28H31BrN2O5. The van der Waals surface area contributed by atoms with E-state index in [1.54, 1.807) is 36.4 Å². The van der Waals surface area contributed by atoms with Crippen molar-refractivity contribution in [1.82, 2.24) is 0 Å². The molecule has 0 aliphatic carbocycles. The predicted molar refractivity (Wildman–Crippen MR) is 146 cm³/mol. The van der Waals surface area contributed by atoms with Crippen LogP contribution < -0.4 is 24.8 Å². The molecule has 0 aliphatic rings. The molecule has 7 nitrogen and oxygen atoms in total. The molecule has 0 saturated heterocycles. The van der Waals surface area contributed by atoms with Crippen LogP contribution in [0.3, 0.4) is 0 Å². The van der Waals surface area contributed by atoms with Crippen molar-refractivity contribution in [3.8, 4) is 17.2 Å². The predicted octanol–water partition coefficient (Wildman–Crippen LogP) is 6.64. The summed E-state index contributed by atoms with van der Waals surface area (Å²) in [6, 6.07) is 17.9. The SMILES string of the molecule is CCOc1cc(NC(=O)c2ccccc2)c(OCC)cc1NC(=O)COc1ccc(Br)cc1C(C)C. The molecule has 8 heteroatoms. The van der Waals surface area contributed by atoms with E-state index >= 15 is 0 Å². The van der Waals surface area contributed by atoms with Crippen molar-refractivity contribution in [2.45, 2.75) is 33.6 Å². The minimum atomic E-state index is -0.350. The Labute approximate surface area is 220 Å². The van der Waals surface area contributed by atoms with Gasteiger partial charge in [-0.15, -0.1) is 0 Å². The normalized spacial score (nSPS) is 10.6. The number of rotatable bonds is 11. The Morgan fingerprint density at radius 3 is 2.00 bits per heavy atom. The smallest absolute Gasteiger partial charge is 0.262 e. The van der Waals surface area contributed by atoms with Crippen molar-refractivity contribution >= 4 is 39.1 Å². The Balaban J connectivity index is 1.80. The fourth-order valence-electron chi connectivity index (χ4n) is 3.52. The van der Waals surface area contributed by atoms with Gasteiger partial charge in [0.15, 0.2) is 6.61 Å². The first kappa shape index (κ1) is 27.1. The summed E-state index contributed by atoms with van der Waals surface area (Å²) in [5.41, 5.74) is 2.39. The molecule has 36 heavy (non-hydrogen) atoms. The largest absolute Gasteiger partial charge is 0.492 e. The summed E-state index contributed by atoms with van der Waals surface area (Å²) in [7, 11) is 0. The highest BCUT2D eigenvalue weighted by Gasteiger charge is 2.18. The van der Waals surface area contributed by atoms with Crippen LogP contribution in [0.2, 0.25) is 0 Å². The molecule has 0 radical (unpaired) electrons. The molecule has 0 aromatic heterocycles. The molecule has 2 N–H and O–H groups in total. The first-order chi connectivity index (χ1) is 17.3. The molecule has 0 atom stereocenters. The van der Waals surface area contributed by atoms with Crippen LogP contribution in [0.4, 0.5) is 11.4 Å². The number of nitrogens with one attached hydrogen (secondary N) is 2. The highest BCUT2D eigenvalue weighted by molar-refractivity contribution is 9.10. The molecule has 0 aliphatic heterocycles. The van der Waals surface area contributed by atoms with E-state index in [9.17, 15) is 9.59 Å². The second-order valence-corrected chi connectivity index (χ2v) is 9.12. The molecule has 0 heterocycles. The van der Waals surface area contributed by atoms with Crippen LogP contribution in [0.15, 0.2) is 65.1 Å². The van der Waals surface area contributed by atoms with E-state index < -0.39 is 0 Å². The molecule has 2 amide bonds. The van der Waals surface area contributed by atoms with Gasteiger partial charge >= 0.3 is 0 Å². The van der Waals surface area contributed by atoms with E-state index in [0.717, 1.165) is 10.0 Å². The van der Waals surface area contributed by atoms with E-state index in [1.165, 1.54) is 0 Å². The Hall–Kier alpha value is -3.52. The Kier molecular flexibility index (Phi) is 9.76. The van der Waals surface area contributed by atoms with Crippen molar-refractivity contribution < 1.29 is 23.8 Å². The van der Waals surface area contributed by atoms with Gasteiger partial charge in [0, 0.05) is 22.2 Å². The average Bonchev–Trinajstić information content (AvgIpc) is 2.86. The van der Waals surface area contributed by atoms with Crippen LogP contribution in [-0.2, 0) is 4.79 Å². The summed E-state index contributed by atoms with van der Waals surface area (Å²) >= 11 is 3.48. The number of ether oxygens (including phenoxy) is 3. The topological polar surface area (TPSA) is 85.9 Å². The molecule has 0 fully saturated rings. The standard InChI is InChI=1S/C28H31BrN2O5/c1-5-34-25-16-23(31-28(33)19-10-8-7-9-11-19)26(35-6-2)15-22(25)30-27(32)17-36-24-13-12-20(29)14-21(24)18(3)4/h7-16,18H,5-6,17H2,1-4H3,(H,30,32)(H,31,33). The van der Waals surface area contributed by atoms with E-state index in [4.69, 9.17) is 14.2 Å². The lowest BCUT2D eigenvalue weighted by Crippen LogP contribution is -2.21. The van der Waals surface area contributed by atoms with Gasteiger partial charge in [0.1, 0.15) is 17.2 Å². The summed E-state index contributed by atoms with van der Waals surface area (Å²) < 4.78 is 18.3. The van der Waals surface area contributed by atoms with E-state index in [2.05, 4.69) is 40.4 Å². The zero-order valence-corrected chi connectivity index (χ0v) is 22.5. The van der Waals surface area contributed by atoms with Gasteiger partial charge in [0.05, 0.1) is 24.6 Å². The van der Waals surface area contributed by atoms with Gasteiger partial charge in [-0.2, -0.15) is 0 Å². The van der Waals surface area contributed by atoms with Crippen molar-refractivity contribution in [2.24, 2.45) is 0 Å². The molecule has 3 rings (SSSR count). The highest BCUT2D eigenvalue weighted by atomic mass is 79.9. The fourth-order valence-corrected chi connectivity index (χ4v) is 3.90. The highest BCUT2D eigenvalue weighted by Crippen LogP contribution is 2.37. The number of halogens is 1. The number of hydrogen-bond acceptors (Lipinski definition) is 5. The minimum Gasteiger partial charge on any atom is -0.492 e. The first-order valence-corrected chi connectivity index (χ1v) is 12.6. The average molecular weight is 555 g/mol. The van der Waals surface area contributed by atoms with Crippen LogP contribution in [0.1, 0.15) is 49.5 Å². The zero-order valence-electron chi connectivity index (χ0n) is 20.9. The first-order valence-electron chi connectivity index (χ1n) is 11.8. The van der Waals surface area contributed by atoms with Crippen molar-refractivity contribution in [2.75, 3.05) is 30.5 Å². The third-order valence-electron chi connectivity index (χ3n) is 5.19. The van der Waals surface area contributed by atoms with Crippen molar-refractivity contribution in [3.63, 3.8) is 0 Å². The molecule has 0 bridgehead atoms. The lowest BCUT2D eigenvalue weighted by Gasteiger charge is -2.18. The quantitative estimate of drug-likeness (QED) is 0.277. The number of carbonyl (C=O) groups excluding carboxylic acids is 2. The number of carbonyl (C=O) groups is 2. The number of benzene rings is 3. The van der Waals surface area contributed by atoms with E-state index in [-0.39, 0.29) is 24.3 Å². The van der Waals surface area contributed by atoms with Gasteiger partial charge < -0.3 is 24.8 Å². The van der Waals surface area contributed by atoms with Gasteiger partial charge in [0.25, 0.3) is 11.8 Å². The second-order valence-electron chi connectivity index (χ2n) is 8.20. The molecule has 3 aromatic carbocycles. The molecular weight excluding hydrogens is 524 g/mol. The second kappa shape index (κ2) is 13.0. The van der Waals surface area contributed by atoms with Crippen LogP contribution in [-0.4, -0.2) is 31.6 Å². The van der Waals surface area contributed by atoms with Crippen LogP contribution >= 0.6 is 15.9 Å². The maximum atomic E-state index is 12.8. The third-order valence-corrected chi connectivity index (χ3v) is 5.69. The third kappa shape index (κ3) is 7.24.